The van der Waals surface area contributed by atoms with Crippen LogP contribution in [0.5, 0.6) is 0 Å². The van der Waals surface area contributed by atoms with E-state index >= 15 is 0 Å². The van der Waals surface area contributed by atoms with Crippen LogP contribution in [0.1, 0.15) is 28.8 Å². The highest BCUT2D eigenvalue weighted by molar-refractivity contribution is 5.99. The highest BCUT2D eigenvalue weighted by atomic mass is 16.6. The summed E-state index contributed by atoms with van der Waals surface area (Å²) in [4.78, 5) is 24.9. The van der Waals surface area contributed by atoms with Gasteiger partial charge >= 0.3 is 6.09 Å². The second-order valence-corrected chi connectivity index (χ2v) is 4.92. The van der Waals surface area contributed by atoms with Crippen LogP contribution in [0.25, 0.3) is 0 Å². The molecule has 1 N–H and O–H groups in total. The number of rotatable bonds is 2. The van der Waals surface area contributed by atoms with E-state index in [1.807, 2.05) is 6.07 Å². The van der Waals surface area contributed by atoms with E-state index in [2.05, 4.69) is 0 Å². The normalized spacial score (nSPS) is 22.4. The molecule has 3 rings (SSSR count). The van der Waals surface area contributed by atoms with E-state index in [1.54, 1.807) is 12.1 Å². The molecule has 19 heavy (non-hydrogen) atoms. The quantitative estimate of drug-likeness (QED) is 0.876. The molecule has 1 aliphatic heterocycles. The van der Waals surface area contributed by atoms with Crippen LogP contribution in [-0.4, -0.2) is 36.2 Å². The maximum atomic E-state index is 11.7. The van der Waals surface area contributed by atoms with Crippen LogP contribution >= 0.6 is 0 Å². The van der Waals surface area contributed by atoms with Gasteiger partial charge in [0, 0.05) is 17.7 Å². The number of hydrogen-bond acceptors (Lipinski definition) is 4. The van der Waals surface area contributed by atoms with Gasteiger partial charge in [-0.15, -0.1) is 0 Å². The number of carbonyl (C=O) groups excluding carboxylic acids is 2. The van der Waals surface area contributed by atoms with E-state index in [0.29, 0.717) is 13.0 Å². The molecule has 0 radical (unpaired) electrons. The summed E-state index contributed by atoms with van der Waals surface area (Å²) in [5, 5.41) is 9.03. The molecule has 1 aromatic carbocycles. The van der Waals surface area contributed by atoms with Crippen molar-refractivity contribution in [1.29, 1.82) is 0 Å². The number of cyclic esters (lactones) is 1. The summed E-state index contributed by atoms with van der Waals surface area (Å²) >= 11 is 0. The average molecular weight is 261 g/mol. The maximum Gasteiger partial charge on any atom is 0.414 e. The lowest BCUT2D eigenvalue weighted by molar-refractivity contribution is 0.0961. The first-order chi connectivity index (χ1) is 9.19. The van der Waals surface area contributed by atoms with Crippen molar-refractivity contribution >= 4 is 17.6 Å². The number of nitrogens with zero attached hydrogens (tertiary/aromatic N) is 1. The van der Waals surface area contributed by atoms with Gasteiger partial charge in [-0.2, -0.15) is 0 Å². The average Bonchev–Trinajstić information content (AvgIpc) is 2.80. The molecule has 1 aromatic rings. The Morgan fingerprint density at radius 3 is 2.89 bits per heavy atom. The summed E-state index contributed by atoms with van der Waals surface area (Å²) in [5.41, 5.74) is 2.49. The van der Waals surface area contributed by atoms with Crippen molar-refractivity contribution in [2.24, 2.45) is 0 Å². The highest BCUT2D eigenvalue weighted by Gasteiger charge is 2.32. The second kappa shape index (κ2) is 4.66. The standard InChI is InChI=1S/C14H15NO4/c16-8-11-7-15(14(18)19-11)10-4-5-12-9(6-10)2-1-3-13(12)17/h4-6,11,16H,1-3,7-8H2. The van der Waals surface area contributed by atoms with Gasteiger partial charge in [0.15, 0.2) is 5.78 Å². The molecule has 100 valence electrons. The fourth-order valence-electron chi connectivity index (χ4n) is 2.63. The molecule has 2 aliphatic rings. The third-order valence-corrected chi connectivity index (χ3v) is 3.63. The van der Waals surface area contributed by atoms with Gasteiger partial charge in [0.25, 0.3) is 0 Å². The van der Waals surface area contributed by atoms with Crippen molar-refractivity contribution in [3.05, 3.63) is 29.3 Å². The molecule has 5 heteroatoms. The van der Waals surface area contributed by atoms with E-state index in [1.165, 1.54) is 4.90 Å². The zero-order chi connectivity index (χ0) is 13.4. The summed E-state index contributed by atoms with van der Waals surface area (Å²) in [5.74, 6) is 0.171. The van der Waals surface area contributed by atoms with Gasteiger partial charge in [-0.1, -0.05) is 0 Å². The van der Waals surface area contributed by atoms with Crippen molar-refractivity contribution in [1.82, 2.24) is 0 Å². The fraction of sp³-hybridized carbons (Fsp3) is 0.429. The Labute approximate surface area is 110 Å². The lowest BCUT2D eigenvalue weighted by atomic mass is 9.90. The van der Waals surface area contributed by atoms with Gasteiger partial charge < -0.3 is 9.84 Å². The molecule has 0 aromatic heterocycles. The molecule has 1 amide bonds. The van der Waals surface area contributed by atoms with E-state index in [4.69, 9.17) is 9.84 Å². The molecule has 1 heterocycles. The van der Waals surface area contributed by atoms with E-state index in [-0.39, 0.29) is 12.4 Å². The topological polar surface area (TPSA) is 66.8 Å². The Kier molecular flexibility index (Phi) is 2.98. The van der Waals surface area contributed by atoms with E-state index in [9.17, 15) is 9.59 Å². The summed E-state index contributed by atoms with van der Waals surface area (Å²) < 4.78 is 5.01. The zero-order valence-corrected chi connectivity index (χ0v) is 10.5. The van der Waals surface area contributed by atoms with Crippen LogP contribution in [0.4, 0.5) is 10.5 Å². The van der Waals surface area contributed by atoms with Crippen molar-refractivity contribution in [3.63, 3.8) is 0 Å². The number of hydrogen-bond donors (Lipinski definition) is 1. The van der Waals surface area contributed by atoms with Crippen molar-refractivity contribution in [2.75, 3.05) is 18.1 Å². The monoisotopic (exact) mass is 261 g/mol. The molecule has 1 atom stereocenters. The number of carbonyl (C=O) groups is 2. The summed E-state index contributed by atoms with van der Waals surface area (Å²) in [7, 11) is 0. The first-order valence-electron chi connectivity index (χ1n) is 6.44. The van der Waals surface area contributed by atoms with Crippen molar-refractivity contribution in [2.45, 2.75) is 25.4 Å². The lowest BCUT2D eigenvalue weighted by Crippen LogP contribution is -2.26. The number of aliphatic hydroxyl groups is 1. The number of anilines is 1. The smallest absolute Gasteiger partial charge is 0.414 e. The Morgan fingerprint density at radius 1 is 1.32 bits per heavy atom. The first kappa shape index (κ1) is 12.2. The Hall–Kier alpha value is -1.88. The first-order valence-corrected chi connectivity index (χ1v) is 6.44. The minimum atomic E-state index is -0.467. The molecule has 0 bridgehead atoms. The molecule has 1 aliphatic carbocycles. The number of aliphatic hydroxyl groups excluding tert-OH is 1. The summed E-state index contributed by atoms with van der Waals surface area (Å²) in [6, 6.07) is 5.43. The maximum absolute atomic E-state index is 11.7. The molecular weight excluding hydrogens is 246 g/mol. The number of fused-ring (bicyclic) bond motifs is 1. The van der Waals surface area contributed by atoms with E-state index < -0.39 is 12.2 Å². The molecule has 0 saturated carbocycles. The van der Waals surface area contributed by atoms with Gasteiger partial charge in [0.05, 0.1) is 13.2 Å². The number of ether oxygens (including phenoxy) is 1. The van der Waals surface area contributed by atoms with Gasteiger partial charge in [-0.25, -0.2) is 4.79 Å². The third kappa shape index (κ3) is 2.10. The van der Waals surface area contributed by atoms with Crippen LogP contribution in [0, 0.1) is 0 Å². The van der Waals surface area contributed by atoms with Crippen LogP contribution in [-0.2, 0) is 11.2 Å². The second-order valence-electron chi connectivity index (χ2n) is 4.92. The van der Waals surface area contributed by atoms with Crippen molar-refractivity contribution < 1.29 is 19.4 Å². The number of amides is 1. The van der Waals surface area contributed by atoms with Gasteiger partial charge in [0.1, 0.15) is 6.10 Å². The molecule has 0 spiro atoms. The Bertz CT molecular complexity index is 540. The van der Waals surface area contributed by atoms with Gasteiger partial charge in [0.2, 0.25) is 0 Å². The molecular formula is C14H15NO4. The molecule has 1 saturated heterocycles. The van der Waals surface area contributed by atoms with Crippen molar-refractivity contribution in [3.8, 4) is 0 Å². The lowest BCUT2D eigenvalue weighted by Gasteiger charge is -2.19. The van der Waals surface area contributed by atoms with E-state index in [0.717, 1.165) is 29.7 Å². The van der Waals surface area contributed by atoms with Gasteiger partial charge in [-0.05, 0) is 36.6 Å². The van der Waals surface area contributed by atoms with Crippen LogP contribution in [0.2, 0.25) is 0 Å². The summed E-state index contributed by atoms with van der Waals surface area (Å²) in [6.07, 6.45) is 1.41. The Balaban J connectivity index is 1.90. The van der Waals surface area contributed by atoms with Gasteiger partial charge in [-0.3, -0.25) is 9.69 Å². The molecule has 1 fully saturated rings. The SMILES string of the molecule is O=C1CCCc2cc(N3CC(CO)OC3=O)ccc21. The predicted octanol–water partition coefficient (Wildman–Crippen LogP) is 1.52. The predicted molar refractivity (Wildman–Crippen MR) is 68.4 cm³/mol. The molecule has 5 nitrogen and oxygen atoms in total. The highest BCUT2D eigenvalue weighted by Crippen LogP contribution is 2.28. The van der Waals surface area contributed by atoms with Crippen LogP contribution in [0.3, 0.4) is 0 Å². The zero-order valence-electron chi connectivity index (χ0n) is 10.5. The number of aryl methyl sites for hydroxylation is 1. The largest absolute Gasteiger partial charge is 0.441 e. The third-order valence-electron chi connectivity index (χ3n) is 3.63. The number of ketones is 1. The minimum absolute atomic E-state index is 0.171. The summed E-state index contributed by atoms with van der Waals surface area (Å²) in [6.45, 7) is 0.174. The number of benzene rings is 1. The number of Topliss-reactive ketones (excluding diaryl/α,β-unsaturated/α-hetero) is 1. The fourth-order valence-corrected chi connectivity index (χ4v) is 2.63. The Morgan fingerprint density at radius 2 is 2.16 bits per heavy atom. The van der Waals surface area contributed by atoms with Crippen LogP contribution < -0.4 is 4.90 Å². The minimum Gasteiger partial charge on any atom is -0.441 e. The van der Waals surface area contributed by atoms with Crippen LogP contribution in [0.15, 0.2) is 18.2 Å². The molecule has 1 unspecified atom stereocenters.